The largest absolute Gasteiger partial charge is 0.354 e. The first-order chi connectivity index (χ1) is 21.6. The maximum absolute atomic E-state index is 14.5. The summed E-state index contributed by atoms with van der Waals surface area (Å²) < 4.78 is 30.3. The second-order valence-electron chi connectivity index (χ2n) is 11.2. The van der Waals surface area contributed by atoms with Gasteiger partial charge in [0.1, 0.15) is 12.6 Å². The molecule has 0 fully saturated rings. The monoisotopic (exact) mass is 689 g/mol. The minimum Gasteiger partial charge on any atom is -0.354 e. The van der Waals surface area contributed by atoms with Crippen LogP contribution in [0.1, 0.15) is 42.0 Å². The molecule has 0 aliphatic carbocycles. The van der Waals surface area contributed by atoms with Gasteiger partial charge in [0.15, 0.2) is 0 Å². The number of amides is 2. The number of nitrogens with zero attached hydrogens (tertiary/aromatic N) is 2. The Morgan fingerprint density at radius 1 is 0.822 bits per heavy atom. The maximum Gasteiger partial charge on any atom is 0.264 e. The Kier molecular flexibility index (Phi) is 12.0. The summed E-state index contributed by atoms with van der Waals surface area (Å²) in [6.45, 7) is 5.92. The molecule has 0 saturated carbocycles. The summed E-state index contributed by atoms with van der Waals surface area (Å²) in [7, 11) is -4.14. The Bertz CT molecular complexity index is 1700. The predicted octanol–water partition coefficient (Wildman–Crippen LogP) is 6.82. The smallest absolute Gasteiger partial charge is 0.264 e. The van der Waals surface area contributed by atoms with E-state index in [9.17, 15) is 18.0 Å². The van der Waals surface area contributed by atoms with E-state index in [2.05, 4.69) is 21.2 Å². The summed E-state index contributed by atoms with van der Waals surface area (Å²) in [6.07, 6.45) is 1.99. The molecule has 45 heavy (non-hydrogen) atoms. The van der Waals surface area contributed by atoms with Gasteiger partial charge >= 0.3 is 0 Å². The van der Waals surface area contributed by atoms with Gasteiger partial charge in [0.2, 0.25) is 11.8 Å². The first-order valence-electron chi connectivity index (χ1n) is 15.1. The van der Waals surface area contributed by atoms with E-state index < -0.39 is 28.5 Å². The van der Waals surface area contributed by atoms with Crippen LogP contribution in [0.15, 0.2) is 112 Å². The molecule has 4 rings (SSSR count). The number of hydrogen-bond acceptors (Lipinski definition) is 4. The van der Waals surface area contributed by atoms with Crippen molar-refractivity contribution in [2.24, 2.45) is 0 Å². The number of carbonyl (C=O) groups excluding carboxylic acids is 2. The zero-order chi connectivity index (χ0) is 32.4. The lowest BCUT2D eigenvalue weighted by Gasteiger charge is -2.34. The molecule has 9 heteroatoms. The Morgan fingerprint density at radius 3 is 2.18 bits per heavy atom. The van der Waals surface area contributed by atoms with Crippen LogP contribution in [0.4, 0.5) is 5.69 Å². The van der Waals surface area contributed by atoms with Gasteiger partial charge < -0.3 is 10.2 Å². The van der Waals surface area contributed by atoms with E-state index in [1.165, 1.54) is 4.90 Å². The van der Waals surface area contributed by atoms with Gasteiger partial charge in [-0.1, -0.05) is 102 Å². The number of aryl methyl sites for hydroxylation is 2. The molecule has 0 aliphatic rings. The van der Waals surface area contributed by atoms with Crippen molar-refractivity contribution >= 4 is 43.5 Å². The number of halogens is 1. The van der Waals surface area contributed by atoms with E-state index in [4.69, 9.17) is 0 Å². The molecule has 2 amide bonds. The van der Waals surface area contributed by atoms with E-state index >= 15 is 0 Å². The van der Waals surface area contributed by atoms with Gasteiger partial charge in [-0.2, -0.15) is 0 Å². The standard InChI is InChI=1S/C36H40BrN3O4S/c1-4-5-21-38-36(42)34(24-29-12-7-6-8-13-29)39(25-30-14-10-15-31(37)23-30)35(41)26-40(32-16-9-11-28(3)22-32)45(43,44)33-19-17-27(2)18-20-33/h6-20,22-23,34H,4-5,21,24-26H2,1-3H3,(H,38,42). The quantitative estimate of drug-likeness (QED) is 0.147. The van der Waals surface area contributed by atoms with E-state index in [1.807, 2.05) is 81.4 Å². The first-order valence-corrected chi connectivity index (χ1v) is 17.3. The number of carbonyl (C=O) groups is 2. The fourth-order valence-corrected chi connectivity index (χ4v) is 6.89. The van der Waals surface area contributed by atoms with Gasteiger partial charge in [0, 0.05) is 24.0 Å². The fourth-order valence-electron chi connectivity index (χ4n) is 5.04. The lowest BCUT2D eigenvalue weighted by molar-refractivity contribution is -0.140. The zero-order valence-electron chi connectivity index (χ0n) is 25.9. The molecule has 236 valence electrons. The molecule has 4 aromatic rings. The van der Waals surface area contributed by atoms with Crippen LogP contribution in [0.2, 0.25) is 0 Å². The number of anilines is 1. The first kappa shape index (κ1) is 33.9. The average Bonchev–Trinajstić information content (AvgIpc) is 3.02. The van der Waals surface area contributed by atoms with Crippen molar-refractivity contribution in [2.75, 3.05) is 17.4 Å². The van der Waals surface area contributed by atoms with Crippen LogP contribution >= 0.6 is 15.9 Å². The van der Waals surface area contributed by atoms with Crippen molar-refractivity contribution in [1.82, 2.24) is 10.2 Å². The van der Waals surface area contributed by atoms with E-state index in [-0.39, 0.29) is 23.8 Å². The van der Waals surface area contributed by atoms with Crippen LogP contribution in [0.5, 0.6) is 0 Å². The zero-order valence-corrected chi connectivity index (χ0v) is 28.4. The molecule has 4 aromatic carbocycles. The normalized spacial score (nSPS) is 11.9. The second kappa shape index (κ2) is 15.9. The van der Waals surface area contributed by atoms with Gasteiger partial charge in [-0.05, 0) is 73.4 Å². The van der Waals surface area contributed by atoms with Crippen LogP contribution in [-0.4, -0.2) is 44.3 Å². The molecule has 7 nitrogen and oxygen atoms in total. The van der Waals surface area contributed by atoms with Crippen LogP contribution in [0.3, 0.4) is 0 Å². The van der Waals surface area contributed by atoms with Crippen molar-refractivity contribution < 1.29 is 18.0 Å². The summed E-state index contributed by atoms with van der Waals surface area (Å²) in [5, 5.41) is 3.02. The second-order valence-corrected chi connectivity index (χ2v) is 13.9. The number of rotatable bonds is 14. The van der Waals surface area contributed by atoms with Crippen molar-refractivity contribution in [2.45, 2.75) is 57.5 Å². The molecule has 0 heterocycles. The van der Waals surface area contributed by atoms with Gasteiger partial charge in [0.25, 0.3) is 10.0 Å². The third kappa shape index (κ3) is 9.28. The van der Waals surface area contributed by atoms with E-state index in [1.54, 1.807) is 42.5 Å². The lowest BCUT2D eigenvalue weighted by atomic mass is 10.0. The van der Waals surface area contributed by atoms with Gasteiger partial charge in [-0.15, -0.1) is 0 Å². The van der Waals surface area contributed by atoms with Gasteiger partial charge in [-0.3, -0.25) is 13.9 Å². The van der Waals surface area contributed by atoms with E-state index in [0.717, 1.165) is 43.9 Å². The number of unbranched alkanes of at least 4 members (excludes halogenated alkanes) is 1. The maximum atomic E-state index is 14.5. The Balaban J connectivity index is 1.79. The molecule has 0 saturated heterocycles. The highest BCUT2D eigenvalue weighted by molar-refractivity contribution is 9.10. The molecule has 0 bridgehead atoms. The molecule has 0 aromatic heterocycles. The summed E-state index contributed by atoms with van der Waals surface area (Å²) in [5.74, 6) is -0.766. The van der Waals surface area contributed by atoms with Crippen molar-refractivity contribution in [3.05, 3.63) is 130 Å². The summed E-state index contributed by atoms with van der Waals surface area (Å²) in [5.41, 5.74) is 3.85. The lowest BCUT2D eigenvalue weighted by Crippen LogP contribution is -2.53. The minimum atomic E-state index is -4.14. The molecule has 0 aliphatic heterocycles. The van der Waals surface area contributed by atoms with Crippen LogP contribution in [0.25, 0.3) is 0 Å². The minimum absolute atomic E-state index is 0.0825. The SMILES string of the molecule is CCCCNC(=O)C(Cc1ccccc1)N(Cc1cccc(Br)c1)C(=O)CN(c1cccc(C)c1)S(=O)(=O)c1ccc(C)cc1. The molecule has 0 spiro atoms. The van der Waals surface area contributed by atoms with Crippen molar-refractivity contribution in [1.29, 1.82) is 0 Å². The molecular weight excluding hydrogens is 650 g/mol. The van der Waals surface area contributed by atoms with Crippen molar-refractivity contribution in [3.63, 3.8) is 0 Å². The van der Waals surface area contributed by atoms with Crippen LogP contribution in [-0.2, 0) is 32.6 Å². The number of nitrogens with one attached hydrogen (secondary N) is 1. The van der Waals surface area contributed by atoms with E-state index in [0.29, 0.717) is 12.2 Å². The molecule has 1 atom stereocenters. The van der Waals surface area contributed by atoms with Crippen molar-refractivity contribution in [3.8, 4) is 0 Å². The molecular formula is C36H40BrN3O4S. The van der Waals surface area contributed by atoms with Gasteiger partial charge in [-0.25, -0.2) is 8.42 Å². The molecule has 0 radical (unpaired) electrons. The highest BCUT2D eigenvalue weighted by atomic mass is 79.9. The average molecular weight is 691 g/mol. The number of hydrogen-bond donors (Lipinski definition) is 1. The summed E-state index contributed by atoms with van der Waals surface area (Å²) >= 11 is 3.52. The Labute approximate surface area is 275 Å². The Hall–Kier alpha value is -3.95. The Morgan fingerprint density at radius 2 is 1.51 bits per heavy atom. The highest BCUT2D eigenvalue weighted by Crippen LogP contribution is 2.26. The topological polar surface area (TPSA) is 86.8 Å². The third-order valence-corrected chi connectivity index (χ3v) is 9.80. The highest BCUT2D eigenvalue weighted by Gasteiger charge is 2.34. The van der Waals surface area contributed by atoms with Crippen LogP contribution in [0, 0.1) is 13.8 Å². The molecule has 1 N–H and O–H groups in total. The van der Waals surface area contributed by atoms with Crippen LogP contribution < -0.4 is 9.62 Å². The van der Waals surface area contributed by atoms with Gasteiger partial charge in [0.05, 0.1) is 10.6 Å². The summed E-state index contributed by atoms with van der Waals surface area (Å²) in [6, 6.07) is 29.9. The predicted molar refractivity (Wildman–Crippen MR) is 183 cm³/mol. The molecule has 1 unspecified atom stereocenters. The third-order valence-electron chi connectivity index (χ3n) is 7.52. The summed E-state index contributed by atoms with van der Waals surface area (Å²) in [4.78, 5) is 30.0. The number of sulfonamides is 1. The fraction of sp³-hybridized carbons (Fsp3) is 0.278. The number of benzene rings is 4.